The van der Waals surface area contributed by atoms with Gasteiger partial charge >= 0.3 is 6.09 Å². The molecule has 3 rings (SSSR count). The summed E-state index contributed by atoms with van der Waals surface area (Å²) in [6.07, 6.45) is 3.18. The molecule has 1 atom stereocenters. The highest BCUT2D eigenvalue weighted by Crippen LogP contribution is 2.30. The monoisotopic (exact) mass is 358 g/mol. The van der Waals surface area contributed by atoms with Crippen LogP contribution in [0.25, 0.3) is 0 Å². The maximum atomic E-state index is 13.0. The molecule has 1 aromatic carbocycles. The van der Waals surface area contributed by atoms with Gasteiger partial charge in [-0.25, -0.2) is 4.79 Å². The van der Waals surface area contributed by atoms with E-state index in [9.17, 15) is 9.59 Å². The molecule has 142 valence electrons. The lowest BCUT2D eigenvalue weighted by molar-refractivity contribution is -0.137. The summed E-state index contributed by atoms with van der Waals surface area (Å²) in [5, 5.41) is 0. The minimum absolute atomic E-state index is 0.0832. The first-order valence-corrected chi connectivity index (χ1v) is 9.68. The van der Waals surface area contributed by atoms with E-state index in [1.165, 1.54) is 5.56 Å². The van der Waals surface area contributed by atoms with Crippen molar-refractivity contribution in [3.63, 3.8) is 0 Å². The van der Waals surface area contributed by atoms with Crippen LogP contribution in [-0.4, -0.2) is 53.1 Å². The smallest absolute Gasteiger partial charge is 0.410 e. The topological polar surface area (TPSA) is 49.9 Å². The van der Waals surface area contributed by atoms with Gasteiger partial charge in [-0.05, 0) is 57.9 Å². The number of hydrogen-bond donors (Lipinski definition) is 0. The molecule has 2 amide bonds. The van der Waals surface area contributed by atoms with Gasteiger partial charge in [0.25, 0.3) is 0 Å². The van der Waals surface area contributed by atoms with E-state index in [4.69, 9.17) is 4.74 Å². The summed E-state index contributed by atoms with van der Waals surface area (Å²) in [6.45, 7) is 7.68. The van der Waals surface area contributed by atoms with Crippen molar-refractivity contribution < 1.29 is 14.3 Å². The molecule has 2 saturated heterocycles. The van der Waals surface area contributed by atoms with E-state index in [1.807, 2.05) is 31.7 Å². The Balaban J connectivity index is 1.58. The fraction of sp³-hybridized carbons (Fsp3) is 0.619. The number of rotatable bonds is 2. The van der Waals surface area contributed by atoms with Crippen LogP contribution in [0.3, 0.4) is 0 Å². The lowest BCUT2D eigenvalue weighted by Crippen LogP contribution is -2.50. The van der Waals surface area contributed by atoms with Crippen LogP contribution in [0.5, 0.6) is 0 Å². The average Bonchev–Trinajstić information content (AvgIpc) is 3.10. The van der Waals surface area contributed by atoms with Gasteiger partial charge in [-0.15, -0.1) is 0 Å². The summed E-state index contributed by atoms with van der Waals surface area (Å²) in [4.78, 5) is 29.0. The number of piperidine rings is 1. The summed E-state index contributed by atoms with van der Waals surface area (Å²) < 4.78 is 5.48. The fourth-order valence-corrected chi connectivity index (χ4v) is 3.93. The molecule has 0 saturated carbocycles. The highest BCUT2D eigenvalue weighted by Gasteiger charge is 2.39. The number of hydrogen-bond acceptors (Lipinski definition) is 3. The van der Waals surface area contributed by atoms with E-state index in [0.29, 0.717) is 12.5 Å². The molecule has 2 aliphatic rings. The molecule has 0 spiro atoms. The number of likely N-dealkylation sites (tertiary alicyclic amines) is 2. The molecule has 1 unspecified atom stereocenters. The molecule has 0 aliphatic carbocycles. The van der Waals surface area contributed by atoms with Crippen molar-refractivity contribution in [3.05, 3.63) is 35.9 Å². The highest BCUT2D eigenvalue weighted by molar-refractivity contribution is 5.86. The van der Waals surface area contributed by atoms with Crippen LogP contribution in [0.4, 0.5) is 4.79 Å². The highest BCUT2D eigenvalue weighted by atomic mass is 16.6. The van der Waals surface area contributed by atoms with Gasteiger partial charge in [-0.1, -0.05) is 30.3 Å². The van der Waals surface area contributed by atoms with Gasteiger partial charge in [0.2, 0.25) is 5.91 Å². The normalized spacial score (nSPS) is 21.7. The average molecular weight is 358 g/mol. The summed E-state index contributed by atoms with van der Waals surface area (Å²) in [5.74, 6) is 0.602. The van der Waals surface area contributed by atoms with Crippen LogP contribution in [0.2, 0.25) is 0 Å². The third-order valence-corrected chi connectivity index (χ3v) is 5.24. The third-order valence-electron chi connectivity index (χ3n) is 5.24. The fourth-order valence-electron chi connectivity index (χ4n) is 3.93. The maximum Gasteiger partial charge on any atom is 0.410 e. The van der Waals surface area contributed by atoms with Crippen LogP contribution < -0.4 is 0 Å². The summed E-state index contributed by atoms with van der Waals surface area (Å²) in [6, 6.07) is 10.2. The van der Waals surface area contributed by atoms with Gasteiger partial charge in [0.1, 0.15) is 11.6 Å². The molecular formula is C21H30N2O3. The SMILES string of the molecule is CC(C)(C)OC(=O)N1CCCC1C(=O)N1CCC(c2ccccc2)CC1. The summed E-state index contributed by atoms with van der Waals surface area (Å²) in [5.41, 5.74) is 0.817. The van der Waals surface area contributed by atoms with Gasteiger partial charge in [-0.3, -0.25) is 9.69 Å². The van der Waals surface area contributed by atoms with Crippen molar-refractivity contribution in [2.45, 2.75) is 64.0 Å². The van der Waals surface area contributed by atoms with E-state index in [2.05, 4.69) is 24.3 Å². The second-order valence-corrected chi connectivity index (χ2v) is 8.34. The molecule has 5 heteroatoms. The molecule has 5 nitrogen and oxygen atoms in total. The Hall–Kier alpha value is -2.04. The predicted octanol–water partition coefficient (Wildman–Crippen LogP) is 3.79. The van der Waals surface area contributed by atoms with Crippen LogP contribution in [0.15, 0.2) is 30.3 Å². The van der Waals surface area contributed by atoms with E-state index < -0.39 is 5.60 Å². The van der Waals surface area contributed by atoms with E-state index in [-0.39, 0.29) is 18.0 Å². The summed E-state index contributed by atoms with van der Waals surface area (Å²) in [7, 11) is 0. The zero-order valence-corrected chi connectivity index (χ0v) is 16.1. The second kappa shape index (κ2) is 7.68. The number of carbonyl (C=O) groups excluding carboxylic acids is 2. The Bertz CT molecular complexity index is 630. The maximum absolute atomic E-state index is 13.0. The molecule has 0 aromatic heterocycles. The zero-order chi connectivity index (χ0) is 18.7. The van der Waals surface area contributed by atoms with Crippen molar-refractivity contribution >= 4 is 12.0 Å². The van der Waals surface area contributed by atoms with Crippen molar-refractivity contribution in [2.75, 3.05) is 19.6 Å². The first-order valence-electron chi connectivity index (χ1n) is 9.68. The van der Waals surface area contributed by atoms with Crippen LogP contribution in [0.1, 0.15) is 57.9 Å². The van der Waals surface area contributed by atoms with Gasteiger partial charge in [0.05, 0.1) is 0 Å². The Morgan fingerprint density at radius 2 is 1.65 bits per heavy atom. The molecule has 2 aliphatic heterocycles. The molecule has 0 N–H and O–H groups in total. The van der Waals surface area contributed by atoms with Gasteiger partial charge in [-0.2, -0.15) is 0 Å². The predicted molar refractivity (Wildman–Crippen MR) is 101 cm³/mol. The minimum atomic E-state index is -0.540. The van der Waals surface area contributed by atoms with Gasteiger partial charge < -0.3 is 9.64 Å². The van der Waals surface area contributed by atoms with Crippen LogP contribution in [-0.2, 0) is 9.53 Å². The molecule has 2 fully saturated rings. The minimum Gasteiger partial charge on any atom is -0.444 e. The molecule has 1 aromatic rings. The number of amides is 2. The quantitative estimate of drug-likeness (QED) is 0.808. The second-order valence-electron chi connectivity index (χ2n) is 8.34. The molecular weight excluding hydrogens is 328 g/mol. The first kappa shape index (κ1) is 18.7. The Kier molecular flexibility index (Phi) is 5.54. The van der Waals surface area contributed by atoms with E-state index in [1.54, 1.807) is 4.90 Å². The Morgan fingerprint density at radius 1 is 1.00 bits per heavy atom. The summed E-state index contributed by atoms with van der Waals surface area (Å²) >= 11 is 0. The van der Waals surface area contributed by atoms with Crippen LogP contribution >= 0.6 is 0 Å². The van der Waals surface area contributed by atoms with Gasteiger partial charge in [0.15, 0.2) is 0 Å². The molecule has 2 heterocycles. The number of nitrogens with zero attached hydrogens (tertiary/aromatic N) is 2. The van der Waals surface area contributed by atoms with Gasteiger partial charge in [0, 0.05) is 19.6 Å². The van der Waals surface area contributed by atoms with E-state index in [0.717, 1.165) is 38.8 Å². The largest absolute Gasteiger partial charge is 0.444 e. The van der Waals surface area contributed by atoms with Crippen molar-refractivity contribution in [1.29, 1.82) is 0 Å². The number of carbonyl (C=O) groups is 2. The zero-order valence-electron chi connectivity index (χ0n) is 16.1. The number of ether oxygens (including phenoxy) is 1. The van der Waals surface area contributed by atoms with Crippen molar-refractivity contribution in [3.8, 4) is 0 Å². The van der Waals surface area contributed by atoms with Crippen molar-refractivity contribution in [1.82, 2.24) is 9.80 Å². The lowest BCUT2D eigenvalue weighted by Gasteiger charge is -2.36. The van der Waals surface area contributed by atoms with Crippen LogP contribution in [0, 0.1) is 0 Å². The standard InChI is InChI=1S/C21H30N2O3/c1-21(2,3)26-20(25)23-13-7-10-18(23)19(24)22-14-11-17(12-15-22)16-8-5-4-6-9-16/h4-6,8-9,17-18H,7,10-15H2,1-3H3. The Labute approximate surface area is 156 Å². The van der Waals surface area contributed by atoms with E-state index >= 15 is 0 Å². The Morgan fingerprint density at radius 3 is 2.27 bits per heavy atom. The van der Waals surface area contributed by atoms with Crippen molar-refractivity contribution in [2.24, 2.45) is 0 Å². The third kappa shape index (κ3) is 4.37. The molecule has 26 heavy (non-hydrogen) atoms. The molecule has 0 bridgehead atoms. The first-order chi connectivity index (χ1) is 12.3. The number of benzene rings is 1. The molecule has 0 radical (unpaired) electrons. The lowest BCUT2D eigenvalue weighted by atomic mass is 9.89.